The van der Waals surface area contributed by atoms with Gasteiger partial charge in [0.2, 0.25) is 0 Å². The summed E-state index contributed by atoms with van der Waals surface area (Å²) >= 11 is 3.60. The molecule has 0 unspecified atom stereocenters. The van der Waals surface area contributed by atoms with Gasteiger partial charge in [0.25, 0.3) is 0 Å². The van der Waals surface area contributed by atoms with Crippen molar-refractivity contribution in [2.45, 2.75) is 25.7 Å². The van der Waals surface area contributed by atoms with Crippen molar-refractivity contribution in [3.63, 3.8) is 0 Å². The Balaban J connectivity index is 2.14. The highest BCUT2D eigenvalue weighted by Crippen LogP contribution is 2.43. The Morgan fingerprint density at radius 3 is 2.53 bits per heavy atom. The number of rotatable bonds is 1. The number of benzene rings is 2. The summed E-state index contributed by atoms with van der Waals surface area (Å²) in [5, 5.41) is 0. The third-order valence-corrected chi connectivity index (χ3v) is 4.50. The lowest BCUT2D eigenvalue weighted by Gasteiger charge is -2.40. The summed E-state index contributed by atoms with van der Waals surface area (Å²) < 4.78 is 1.14. The topological polar surface area (TPSA) is 3.24 Å². The van der Waals surface area contributed by atoms with E-state index in [9.17, 15) is 0 Å². The number of halogens is 1. The summed E-state index contributed by atoms with van der Waals surface area (Å²) in [6.45, 7) is 5.74. The first-order valence-corrected chi connectivity index (χ1v) is 7.50. The monoisotopic (exact) mass is 315 g/mol. The van der Waals surface area contributed by atoms with Gasteiger partial charge >= 0.3 is 0 Å². The van der Waals surface area contributed by atoms with E-state index < -0.39 is 0 Å². The van der Waals surface area contributed by atoms with Crippen molar-refractivity contribution in [1.29, 1.82) is 0 Å². The minimum absolute atomic E-state index is 0.251. The van der Waals surface area contributed by atoms with E-state index in [1.165, 1.54) is 23.4 Å². The third-order valence-electron chi connectivity index (χ3n) is 4.01. The number of nitrogens with zero attached hydrogens (tertiary/aromatic N) is 1. The van der Waals surface area contributed by atoms with Crippen molar-refractivity contribution in [3.8, 4) is 0 Å². The molecule has 0 radical (unpaired) electrons. The Hall–Kier alpha value is -1.28. The van der Waals surface area contributed by atoms with Gasteiger partial charge in [-0.2, -0.15) is 0 Å². The van der Waals surface area contributed by atoms with Crippen LogP contribution in [0.2, 0.25) is 0 Å². The summed E-state index contributed by atoms with van der Waals surface area (Å²) in [5.74, 6) is 0. The molecule has 1 heterocycles. The number of fused-ring (bicyclic) bond motifs is 1. The van der Waals surface area contributed by atoms with Crippen molar-refractivity contribution >= 4 is 27.3 Å². The second kappa shape index (κ2) is 4.68. The van der Waals surface area contributed by atoms with Gasteiger partial charge in [0.05, 0.1) is 0 Å². The lowest BCUT2D eigenvalue weighted by Crippen LogP contribution is -2.34. The molecule has 2 aromatic rings. The summed E-state index contributed by atoms with van der Waals surface area (Å²) in [7, 11) is 0. The molecule has 1 nitrogen and oxygen atoms in total. The van der Waals surface area contributed by atoms with Gasteiger partial charge in [0, 0.05) is 22.4 Å². The Morgan fingerprint density at radius 1 is 1.05 bits per heavy atom. The van der Waals surface area contributed by atoms with Crippen LogP contribution in [0.15, 0.2) is 53.0 Å². The molecule has 0 saturated carbocycles. The Labute approximate surface area is 123 Å². The molecule has 2 heteroatoms. The minimum atomic E-state index is 0.251. The van der Waals surface area contributed by atoms with Crippen LogP contribution in [0.25, 0.3) is 0 Å². The van der Waals surface area contributed by atoms with Gasteiger partial charge in [-0.25, -0.2) is 0 Å². The quantitative estimate of drug-likeness (QED) is 0.693. The summed E-state index contributed by atoms with van der Waals surface area (Å²) in [5.41, 5.74) is 4.29. The molecule has 1 aliphatic rings. The number of para-hydroxylation sites is 1. The SMILES string of the molecule is CC1(C)CCN(c2ccccc2)c2cc(Br)ccc21. The Kier molecular flexibility index (Phi) is 3.14. The predicted molar refractivity (Wildman–Crippen MR) is 85.2 cm³/mol. The second-order valence-corrected chi connectivity index (χ2v) is 6.70. The number of anilines is 2. The average molecular weight is 316 g/mol. The van der Waals surface area contributed by atoms with E-state index in [-0.39, 0.29) is 5.41 Å². The highest BCUT2D eigenvalue weighted by atomic mass is 79.9. The fourth-order valence-corrected chi connectivity index (χ4v) is 3.17. The molecule has 98 valence electrons. The van der Waals surface area contributed by atoms with Crippen LogP contribution in [-0.4, -0.2) is 6.54 Å². The predicted octanol–water partition coefficient (Wildman–Crippen LogP) is 5.27. The molecular formula is C17H18BrN. The summed E-state index contributed by atoms with van der Waals surface area (Å²) in [6.07, 6.45) is 1.18. The van der Waals surface area contributed by atoms with Crippen molar-refractivity contribution in [1.82, 2.24) is 0 Å². The van der Waals surface area contributed by atoms with Crippen molar-refractivity contribution in [3.05, 3.63) is 58.6 Å². The van der Waals surface area contributed by atoms with E-state index in [0.29, 0.717) is 0 Å². The van der Waals surface area contributed by atoms with Gasteiger partial charge < -0.3 is 4.90 Å². The first-order chi connectivity index (χ1) is 9.08. The van der Waals surface area contributed by atoms with Crippen molar-refractivity contribution in [2.24, 2.45) is 0 Å². The molecule has 0 saturated heterocycles. The third kappa shape index (κ3) is 2.30. The first kappa shape index (κ1) is 12.7. The van der Waals surface area contributed by atoms with Crippen molar-refractivity contribution in [2.75, 3.05) is 11.4 Å². The molecule has 0 amide bonds. The molecule has 0 aromatic heterocycles. The van der Waals surface area contributed by atoms with Gasteiger partial charge in [0.1, 0.15) is 0 Å². The Morgan fingerprint density at radius 2 is 1.79 bits per heavy atom. The summed E-state index contributed by atoms with van der Waals surface area (Å²) in [6, 6.07) is 17.3. The van der Waals surface area contributed by atoms with Gasteiger partial charge in [-0.15, -0.1) is 0 Å². The Bertz CT molecular complexity index is 589. The van der Waals surface area contributed by atoms with E-state index in [0.717, 1.165) is 11.0 Å². The average Bonchev–Trinajstić information content (AvgIpc) is 2.39. The van der Waals surface area contributed by atoms with Crippen LogP contribution in [0.5, 0.6) is 0 Å². The zero-order valence-corrected chi connectivity index (χ0v) is 12.9. The van der Waals surface area contributed by atoms with Gasteiger partial charge in [-0.05, 0) is 41.7 Å². The fourth-order valence-electron chi connectivity index (χ4n) is 2.82. The lowest BCUT2D eigenvalue weighted by molar-refractivity contribution is 0.467. The smallest absolute Gasteiger partial charge is 0.0460 e. The van der Waals surface area contributed by atoms with Crippen LogP contribution >= 0.6 is 15.9 Å². The van der Waals surface area contributed by atoms with Crippen LogP contribution in [0.3, 0.4) is 0 Å². The van der Waals surface area contributed by atoms with Gasteiger partial charge in [0.15, 0.2) is 0 Å². The molecule has 0 bridgehead atoms. The second-order valence-electron chi connectivity index (χ2n) is 5.78. The van der Waals surface area contributed by atoms with E-state index in [1.54, 1.807) is 0 Å². The molecule has 0 aliphatic carbocycles. The number of hydrogen-bond donors (Lipinski definition) is 0. The molecule has 2 aromatic carbocycles. The lowest BCUT2D eigenvalue weighted by atomic mass is 9.77. The van der Waals surface area contributed by atoms with E-state index in [1.807, 2.05) is 0 Å². The molecule has 19 heavy (non-hydrogen) atoms. The maximum absolute atomic E-state index is 3.60. The molecule has 0 atom stereocenters. The molecule has 3 rings (SSSR count). The maximum Gasteiger partial charge on any atom is 0.0460 e. The van der Waals surface area contributed by atoms with Crippen LogP contribution in [-0.2, 0) is 5.41 Å². The van der Waals surface area contributed by atoms with E-state index in [4.69, 9.17) is 0 Å². The van der Waals surface area contributed by atoms with E-state index in [2.05, 4.69) is 83.2 Å². The normalized spacial score (nSPS) is 17.1. The zero-order chi connectivity index (χ0) is 13.5. The van der Waals surface area contributed by atoms with Crippen LogP contribution < -0.4 is 4.90 Å². The highest BCUT2D eigenvalue weighted by molar-refractivity contribution is 9.10. The standard InChI is InChI=1S/C17H18BrN/c1-17(2)10-11-19(14-6-4-3-5-7-14)16-12-13(18)8-9-15(16)17/h3-9,12H,10-11H2,1-2H3. The molecule has 0 fully saturated rings. The van der Waals surface area contributed by atoms with Gasteiger partial charge in [-0.3, -0.25) is 0 Å². The molecule has 0 N–H and O–H groups in total. The van der Waals surface area contributed by atoms with Crippen LogP contribution in [0.4, 0.5) is 11.4 Å². The number of hydrogen-bond acceptors (Lipinski definition) is 1. The maximum atomic E-state index is 3.60. The van der Waals surface area contributed by atoms with Crippen LogP contribution in [0.1, 0.15) is 25.8 Å². The van der Waals surface area contributed by atoms with E-state index >= 15 is 0 Å². The molecule has 1 aliphatic heterocycles. The summed E-state index contributed by atoms with van der Waals surface area (Å²) in [4.78, 5) is 2.42. The molecule has 0 spiro atoms. The van der Waals surface area contributed by atoms with Gasteiger partial charge in [-0.1, -0.05) is 54.0 Å². The fraction of sp³-hybridized carbons (Fsp3) is 0.294. The zero-order valence-electron chi connectivity index (χ0n) is 11.4. The first-order valence-electron chi connectivity index (χ1n) is 6.70. The van der Waals surface area contributed by atoms with Crippen LogP contribution in [0, 0.1) is 0 Å². The minimum Gasteiger partial charge on any atom is -0.341 e. The van der Waals surface area contributed by atoms with Crippen molar-refractivity contribution < 1.29 is 0 Å². The molecular weight excluding hydrogens is 298 g/mol. The largest absolute Gasteiger partial charge is 0.341 e. The highest BCUT2D eigenvalue weighted by Gasteiger charge is 2.31.